The predicted octanol–water partition coefficient (Wildman–Crippen LogP) is 5.45. The number of hydrogen-bond acceptors (Lipinski definition) is 3. The molecule has 3 nitrogen and oxygen atoms in total. The second-order valence-corrected chi connectivity index (χ2v) is 7.75. The molecule has 0 radical (unpaired) electrons. The van der Waals surface area contributed by atoms with Crippen molar-refractivity contribution in [1.29, 1.82) is 5.26 Å². The molecule has 0 fully saturated rings. The van der Waals surface area contributed by atoms with Crippen molar-refractivity contribution in [3.05, 3.63) is 64.1 Å². The third kappa shape index (κ3) is 3.91. The number of aryl methyl sites for hydroxylation is 2. The van der Waals surface area contributed by atoms with Crippen molar-refractivity contribution in [3.8, 4) is 6.07 Å². The van der Waals surface area contributed by atoms with Crippen LogP contribution in [-0.2, 0) is 19.3 Å². The van der Waals surface area contributed by atoms with Crippen LogP contribution in [0.15, 0.2) is 52.1 Å². The van der Waals surface area contributed by atoms with Gasteiger partial charge in [-0.1, -0.05) is 37.3 Å². The zero-order valence-electron chi connectivity index (χ0n) is 14.2. The summed E-state index contributed by atoms with van der Waals surface area (Å²) in [4.78, 5) is 5.88. The van der Waals surface area contributed by atoms with E-state index in [4.69, 9.17) is 0 Å². The third-order valence-electron chi connectivity index (χ3n) is 4.11. The fourth-order valence-corrected chi connectivity index (χ4v) is 4.80. The molecule has 0 saturated heterocycles. The van der Waals surface area contributed by atoms with Gasteiger partial charge in [0.05, 0.1) is 33.9 Å². The molecule has 0 atom stereocenters. The number of thioether (sulfide) groups is 1. The Morgan fingerprint density at radius 1 is 1.24 bits per heavy atom. The van der Waals surface area contributed by atoms with E-state index in [2.05, 4.69) is 62.6 Å². The SMILES string of the molecule is CCCSc1c(Br)c(CC#N)n2ccnc(CCc3ccccc3)c12. The molecule has 3 rings (SSSR count). The highest BCUT2D eigenvalue weighted by molar-refractivity contribution is 9.10. The van der Waals surface area contributed by atoms with Crippen LogP contribution in [0.5, 0.6) is 0 Å². The van der Waals surface area contributed by atoms with Crippen LogP contribution in [-0.4, -0.2) is 15.1 Å². The maximum atomic E-state index is 9.20. The number of nitrogens with zero attached hydrogens (tertiary/aromatic N) is 3. The van der Waals surface area contributed by atoms with Crippen LogP contribution in [0.1, 0.15) is 30.3 Å². The van der Waals surface area contributed by atoms with Gasteiger partial charge in [-0.15, -0.1) is 11.8 Å². The minimum atomic E-state index is 0.385. The summed E-state index contributed by atoms with van der Waals surface area (Å²) in [6, 6.07) is 12.8. The Labute approximate surface area is 161 Å². The average Bonchev–Trinajstić information content (AvgIpc) is 2.92. The Balaban J connectivity index is 2.03. The lowest BCUT2D eigenvalue weighted by atomic mass is 10.1. The first-order valence-electron chi connectivity index (χ1n) is 8.46. The van der Waals surface area contributed by atoms with Gasteiger partial charge < -0.3 is 4.40 Å². The fraction of sp³-hybridized carbons (Fsp3) is 0.300. The van der Waals surface area contributed by atoms with Crippen LogP contribution in [0, 0.1) is 11.3 Å². The maximum Gasteiger partial charge on any atom is 0.0819 e. The first-order chi connectivity index (χ1) is 12.3. The number of fused-ring (bicyclic) bond motifs is 1. The highest BCUT2D eigenvalue weighted by atomic mass is 79.9. The van der Waals surface area contributed by atoms with E-state index in [0.29, 0.717) is 6.42 Å². The molecule has 2 heterocycles. The molecule has 0 aliphatic carbocycles. The predicted molar refractivity (Wildman–Crippen MR) is 107 cm³/mol. The van der Waals surface area contributed by atoms with Gasteiger partial charge in [0.25, 0.3) is 0 Å². The van der Waals surface area contributed by atoms with Gasteiger partial charge in [0, 0.05) is 17.3 Å². The van der Waals surface area contributed by atoms with Crippen LogP contribution in [0.3, 0.4) is 0 Å². The first-order valence-corrected chi connectivity index (χ1v) is 10.2. The lowest BCUT2D eigenvalue weighted by Gasteiger charge is -2.07. The van der Waals surface area contributed by atoms with Crippen molar-refractivity contribution in [2.45, 2.75) is 37.5 Å². The molecule has 0 bridgehead atoms. The normalized spacial score (nSPS) is 10.9. The van der Waals surface area contributed by atoms with Gasteiger partial charge in [0.2, 0.25) is 0 Å². The van der Waals surface area contributed by atoms with E-state index in [1.165, 1.54) is 10.5 Å². The van der Waals surface area contributed by atoms with E-state index in [0.717, 1.165) is 46.4 Å². The fourth-order valence-electron chi connectivity index (χ4n) is 2.93. The molecule has 2 aromatic heterocycles. The van der Waals surface area contributed by atoms with E-state index in [1.807, 2.05) is 30.2 Å². The van der Waals surface area contributed by atoms with Crippen molar-refractivity contribution in [2.75, 3.05) is 5.75 Å². The third-order valence-corrected chi connectivity index (χ3v) is 6.52. The summed E-state index contributed by atoms with van der Waals surface area (Å²) in [6.45, 7) is 2.18. The lowest BCUT2D eigenvalue weighted by Crippen LogP contribution is -2.00. The van der Waals surface area contributed by atoms with Gasteiger partial charge in [-0.05, 0) is 46.5 Å². The van der Waals surface area contributed by atoms with Gasteiger partial charge in [0.1, 0.15) is 0 Å². The molecule has 0 saturated carbocycles. The summed E-state index contributed by atoms with van der Waals surface area (Å²) in [7, 11) is 0. The van der Waals surface area contributed by atoms with Crippen LogP contribution in [0.4, 0.5) is 0 Å². The summed E-state index contributed by atoms with van der Waals surface area (Å²) in [5.74, 6) is 1.05. The van der Waals surface area contributed by atoms with Crippen LogP contribution < -0.4 is 0 Å². The second kappa shape index (κ2) is 8.55. The number of nitriles is 1. The standard InChI is InChI=1S/C20H20BrN3S/c1-2-14-25-20-18(21)17(10-11-22)24-13-12-23-16(19(20)24)9-8-15-6-4-3-5-7-15/h3-7,12-13H,2,8-10,14H2,1H3. The van der Waals surface area contributed by atoms with Crippen LogP contribution in [0.25, 0.3) is 5.52 Å². The monoisotopic (exact) mass is 413 g/mol. The van der Waals surface area contributed by atoms with E-state index in [1.54, 1.807) is 0 Å². The Morgan fingerprint density at radius 2 is 2.04 bits per heavy atom. The van der Waals surface area contributed by atoms with E-state index >= 15 is 0 Å². The van der Waals surface area contributed by atoms with Crippen LogP contribution >= 0.6 is 27.7 Å². The highest BCUT2D eigenvalue weighted by Crippen LogP contribution is 2.38. The number of aromatic nitrogens is 2. The molecular weight excluding hydrogens is 394 g/mol. The molecule has 0 N–H and O–H groups in total. The van der Waals surface area contributed by atoms with E-state index in [-0.39, 0.29) is 0 Å². The minimum absolute atomic E-state index is 0.385. The number of halogens is 1. The van der Waals surface area contributed by atoms with Crippen molar-refractivity contribution in [2.24, 2.45) is 0 Å². The summed E-state index contributed by atoms with van der Waals surface area (Å²) in [5.41, 5.74) is 4.57. The van der Waals surface area contributed by atoms with E-state index < -0.39 is 0 Å². The molecule has 25 heavy (non-hydrogen) atoms. The van der Waals surface area contributed by atoms with Crippen molar-refractivity contribution < 1.29 is 0 Å². The summed E-state index contributed by atoms with van der Waals surface area (Å²) in [6.07, 6.45) is 7.15. The molecule has 0 aliphatic heterocycles. The highest BCUT2D eigenvalue weighted by Gasteiger charge is 2.19. The Morgan fingerprint density at radius 3 is 2.76 bits per heavy atom. The second-order valence-electron chi connectivity index (χ2n) is 5.85. The number of hydrogen-bond donors (Lipinski definition) is 0. The Hall–Kier alpha value is -1.77. The zero-order chi connectivity index (χ0) is 17.6. The number of benzene rings is 1. The minimum Gasteiger partial charge on any atom is -0.314 e. The molecule has 0 unspecified atom stereocenters. The summed E-state index contributed by atoms with van der Waals surface area (Å²) in [5, 5.41) is 9.20. The summed E-state index contributed by atoms with van der Waals surface area (Å²) >= 11 is 5.58. The molecule has 3 aromatic rings. The lowest BCUT2D eigenvalue weighted by molar-refractivity contribution is 0.897. The zero-order valence-corrected chi connectivity index (χ0v) is 16.6. The Kier molecular flexibility index (Phi) is 6.17. The van der Waals surface area contributed by atoms with Gasteiger partial charge in [0.15, 0.2) is 0 Å². The molecule has 0 aliphatic rings. The van der Waals surface area contributed by atoms with Gasteiger partial charge >= 0.3 is 0 Å². The van der Waals surface area contributed by atoms with Gasteiger partial charge in [-0.2, -0.15) is 5.26 Å². The quantitative estimate of drug-likeness (QED) is 0.483. The molecule has 128 valence electrons. The maximum absolute atomic E-state index is 9.20. The smallest absolute Gasteiger partial charge is 0.0819 e. The summed E-state index contributed by atoms with van der Waals surface area (Å²) < 4.78 is 3.18. The van der Waals surface area contributed by atoms with Gasteiger partial charge in [-0.25, -0.2) is 0 Å². The van der Waals surface area contributed by atoms with Crippen molar-refractivity contribution >= 4 is 33.2 Å². The first kappa shape index (κ1) is 18.0. The molecule has 0 amide bonds. The van der Waals surface area contributed by atoms with Gasteiger partial charge in [-0.3, -0.25) is 4.98 Å². The topological polar surface area (TPSA) is 41.1 Å². The largest absolute Gasteiger partial charge is 0.314 e. The van der Waals surface area contributed by atoms with Crippen molar-refractivity contribution in [1.82, 2.24) is 9.38 Å². The van der Waals surface area contributed by atoms with Crippen LogP contribution in [0.2, 0.25) is 0 Å². The number of rotatable bonds is 7. The molecular formula is C20H20BrN3S. The van der Waals surface area contributed by atoms with E-state index in [9.17, 15) is 5.26 Å². The molecule has 1 aromatic carbocycles. The molecule has 0 spiro atoms. The average molecular weight is 414 g/mol. The van der Waals surface area contributed by atoms with Crippen molar-refractivity contribution in [3.63, 3.8) is 0 Å². The molecule has 5 heteroatoms. The Bertz CT molecular complexity index is 897.